The topological polar surface area (TPSA) is 44.5 Å². The smallest absolute Gasteiger partial charge is 0.123 e. The predicted molar refractivity (Wildman–Crippen MR) is 85.7 cm³/mol. The van der Waals surface area contributed by atoms with Crippen LogP contribution < -0.4 is 10.5 Å². The molecule has 0 aliphatic carbocycles. The molecule has 3 nitrogen and oxygen atoms in total. The largest absolute Gasteiger partial charge is 0.496 e. The molecular weight excluding hydrogens is 286 g/mol. The van der Waals surface area contributed by atoms with Crippen LogP contribution in [0, 0.1) is 0 Å². The summed E-state index contributed by atoms with van der Waals surface area (Å²) in [4.78, 5) is 0. The van der Waals surface area contributed by atoms with Crippen LogP contribution >= 0.6 is 11.6 Å². The summed E-state index contributed by atoms with van der Waals surface area (Å²) in [7, 11) is 1.62. The molecule has 0 spiro atoms. The van der Waals surface area contributed by atoms with E-state index in [0.717, 1.165) is 11.1 Å². The van der Waals surface area contributed by atoms with Gasteiger partial charge >= 0.3 is 0 Å². The Bertz CT molecular complexity index is 574. The van der Waals surface area contributed by atoms with Crippen molar-refractivity contribution in [3.05, 3.63) is 64.7 Å². The van der Waals surface area contributed by atoms with E-state index in [-0.39, 0.29) is 12.1 Å². The Morgan fingerprint density at radius 2 is 1.86 bits per heavy atom. The minimum atomic E-state index is -0.360. The molecule has 2 unspecified atom stereocenters. The Balaban J connectivity index is 2.39. The van der Waals surface area contributed by atoms with Crippen LogP contribution in [-0.4, -0.2) is 13.7 Å². The number of halogens is 1. The number of nitrogens with two attached hydrogens (primary N) is 1. The van der Waals surface area contributed by atoms with Crippen LogP contribution in [0.5, 0.6) is 5.75 Å². The lowest BCUT2D eigenvalue weighted by Crippen LogP contribution is -2.23. The molecule has 2 aromatic rings. The zero-order chi connectivity index (χ0) is 15.2. The van der Waals surface area contributed by atoms with E-state index < -0.39 is 0 Å². The van der Waals surface area contributed by atoms with Crippen LogP contribution in [0.2, 0.25) is 5.02 Å². The minimum absolute atomic E-state index is 0.247. The highest BCUT2D eigenvalue weighted by Crippen LogP contribution is 2.36. The normalized spacial score (nSPS) is 13.7. The Hall–Kier alpha value is -1.55. The summed E-state index contributed by atoms with van der Waals surface area (Å²) < 4.78 is 11.3. The fraction of sp³-hybridized carbons (Fsp3) is 0.294. The van der Waals surface area contributed by atoms with E-state index in [0.29, 0.717) is 17.4 Å². The Morgan fingerprint density at radius 3 is 2.48 bits per heavy atom. The Kier molecular flexibility index (Phi) is 5.62. The van der Waals surface area contributed by atoms with Crippen LogP contribution in [0.3, 0.4) is 0 Å². The second kappa shape index (κ2) is 7.46. The van der Waals surface area contributed by atoms with Crippen molar-refractivity contribution in [3.8, 4) is 5.75 Å². The number of methoxy groups -OCH3 is 1. The third-order valence-electron chi connectivity index (χ3n) is 3.35. The van der Waals surface area contributed by atoms with Gasteiger partial charge in [0.05, 0.1) is 13.2 Å². The average Bonchev–Trinajstić information content (AvgIpc) is 2.52. The summed E-state index contributed by atoms with van der Waals surface area (Å²) in [6, 6.07) is 15.0. The molecule has 0 fully saturated rings. The molecule has 0 aliphatic rings. The molecule has 0 heterocycles. The van der Waals surface area contributed by atoms with Gasteiger partial charge in [-0.25, -0.2) is 0 Å². The zero-order valence-corrected chi connectivity index (χ0v) is 13.0. The van der Waals surface area contributed by atoms with E-state index in [1.807, 2.05) is 49.4 Å². The third kappa shape index (κ3) is 3.76. The fourth-order valence-corrected chi connectivity index (χ4v) is 2.54. The monoisotopic (exact) mass is 305 g/mol. The molecule has 0 saturated heterocycles. The summed E-state index contributed by atoms with van der Waals surface area (Å²) in [6.45, 7) is 2.54. The van der Waals surface area contributed by atoms with E-state index in [1.54, 1.807) is 13.2 Å². The first kappa shape index (κ1) is 15.8. The zero-order valence-electron chi connectivity index (χ0n) is 12.3. The maximum absolute atomic E-state index is 6.44. The van der Waals surface area contributed by atoms with Gasteiger partial charge in [0.25, 0.3) is 0 Å². The van der Waals surface area contributed by atoms with Crippen molar-refractivity contribution in [2.75, 3.05) is 13.7 Å². The van der Waals surface area contributed by atoms with E-state index in [4.69, 9.17) is 26.8 Å². The van der Waals surface area contributed by atoms with Crippen molar-refractivity contribution in [2.24, 2.45) is 5.73 Å². The number of benzene rings is 2. The number of hydrogen-bond acceptors (Lipinski definition) is 3. The van der Waals surface area contributed by atoms with Crippen LogP contribution in [0.15, 0.2) is 48.5 Å². The van der Waals surface area contributed by atoms with Gasteiger partial charge in [0.2, 0.25) is 0 Å². The lowest BCUT2D eigenvalue weighted by molar-refractivity contribution is 0.0424. The van der Waals surface area contributed by atoms with Gasteiger partial charge in [0.1, 0.15) is 11.9 Å². The summed E-state index contributed by atoms with van der Waals surface area (Å²) in [6.07, 6.45) is -0.247. The Morgan fingerprint density at radius 1 is 1.14 bits per heavy atom. The van der Waals surface area contributed by atoms with Crippen molar-refractivity contribution in [3.63, 3.8) is 0 Å². The van der Waals surface area contributed by atoms with Crippen molar-refractivity contribution >= 4 is 11.6 Å². The lowest BCUT2D eigenvalue weighted by Gasteiger charge is -2.26. The van der Waals surface area contributed by atoms with Gasteiger partial charge in [-0.05, 0) is 30.7 Å². The molecule has 2 rings (SSSR count). The highest BCUT2D eigenvalue weighted by molar-refractivity contribution is 6.30. The highest BCUT2D eigenvalue weighted by atomic mass is 35.5. The van der Waals surface area contributed by atoms with Gasteiger partial charge in [-0.1, -0.05) is 41.9 Å². The molecule has 0 aromatic heterocycles. The fourth-order valence-electron chi connectivity index (χ4n) is 2.36. The quantitative estimate of drug-likeness (QED) is 0.873. The summed E-state index contributed by atoms with van der Waals surface area (Å²) in [5.74, 6) is 0.715. The number of ether oxygens (including phenoxy) is 2. The molecule has 0 bridgehead atoms. The number of hydrogen-bond donors (Lipinski definition) is 1. The molecule has 0 amide bonds. The van der Waals surface area contributed by atoms with E-state index >= 15 is 0 Å². The maximum Gasteiger partial charge on any atom is 0.123 e. The molecule has 112 valence electrons. The molecule has 2 atom stereocenters. The first-order valence-corrected chi connectivity index (χ1v) is 7.30. The third-order valence-corrected chi connectivity index (χ3v) is 3.59. The molecule has 0 saturated carbocycles. The summed E-state index contributed by atoms with van der Waals surface area (Å²) in [5.41, 5.74) is 8.32. The second-order valence-corrected chi connectivity index (χ2v) is 5.14. The van der Waals surface area contributed by atoms with Gasteiger partial charge in [-0.15, -0.1) is 0 Å². The maximum atomic E-state index is 6.44. The first-order valence-electron chi connectivity index (χ1n) is 6.93. The van der Waals surface area contributed by atoms with E-state index in [2.05, 4.69) is 0 Å². The SMILES string of the molecule is CCOC(c1ccccc1)C(N)c1cc(Cl)ccc1OC. The average molecular weight is 306 g/mol. The van der Waals surface area contributed by atoms with Crippen molar-refractivity contribution < 1.29 is 9.47 Å². The second-order valence-electron chi connectivity index (χ2n) is 4.70. The lowest BCUT2D eigenvalue weighted by atomic mass is 9.95. The molecule has 0 aliphatic heterocycles. The summed E-state index contributed by atoms with van der Waals surface area (Å²) >= 11 is 6.09. The standard InChI is InChI=1S/C17H20ClNO2/c1-3-21-17(12-7-5-4-6-8-12)16(19)14-11-13(18)9-10-15(14)20-2/h4-11,16-17H,3,19H2,1-2H3. The molecule has 21 heavy (non-hydrogen) atoms. The molecular formula is C17H20ClNO2. The Labute approximate surface area is 130 Å². The first-order chi connectivity index (χ1) is 10.2. The minimum Gasteiger partial charge on any atom is -0.496 e. The van der Waals surface area contributed by atoms with Crippen LogP contribution in [0.1, 0.15) is 30.2 Å². The van der Waals surface area contributed by atoms with Gasteiger partial charge in [-0.2, -0.15) is 0 Å². The van der Waals surface area contributed by atoms with Gasteiger partial charge in [0.15, 0.2) is 0 Å². The van der Waals surface area contributed by atoms with Crippen molar-refractivity contribution in [1.29, 1.82) is 0 Å². The highest BCUT2D eigenvalue weighted by Gasteiger charge is 2.24. The van der Waals surface area contributed by atoms with Crippen LogP contribution in [0.4, 0.5) is 0 Å². The van der Waals surface area contributed by atoms with Crippen molar-refractivity contribution in [2.45, 2.75) is 19.1 Å². The summed E-state index contributed by atoms with van der Waals surface area (Å²) in [5, 5.41) is 0.629. The van der Waals surface area contributed by atoms with E-state index in [1.165, 1.54) is 0 Å². The van der Waals surface area contributed by atoms with Crippen LogP contribution in [0.25, 0.3) is 0 Å². The van der Waals surface area contributed by atoms with E-state index in [9.17, 15) is 0 Å². The molecule has 0 radical (unpaired) electrons. The van der Waals surface area contributed by atoms with Gasteiger partial charge in [0, 0.05) is 17.2 Å². The molecule has 2 N–H and O–H groups in total. The van der Waals surface area contributed by atoms with Crippen LogP contribution in [-0.2, 0) is 4.74 Å². The molecule has 2 aromatic carbocycles. The number of rotatable bonds is 6. The van der Waals surface area contributed by atoms with Crippen molar-refractivity contribution in [1.82, 2.24) is 0 Å². The predicted octanol–water partition coefficient (Wildman–Crippen LogP) is 4.13. The molecule has 4 heteroatoms. The van der Waals surface area contributed by atoms with Gasteiger partial charge < -0.3 is 15.2 Å². The van der Waals surface area contributed by atoms with Gasteiger partial charge in [-0.3, -0.25) is 0 Å².